The van der Waals surface area contributed by atoms with Gasteiger partial charge in [-0.3, -0.25) is 9.59 Å². The fourth-order valence-corrected chi connectivity index (χ4v) is 2.91. The monoisotopic (exact) mass is 307 g/mol. The van der Waals surface area contributed by atoms with E-state index in [1.54, 1.807) is 0 Å². The molecule has 0 radical (unpaired) electrons. The van der Waals surface area contributed by atoms with Gasteiger partial charge in [0.25, 0.3) is 0 Å². The first-order valence-electron chi connectivity index (χ1n) is 7.96. The van der Waals surface area contributed by atoms with E-state index in [4.69, 9.17) is 9.63 Å². The number of carbonyl (C=O) groups is 2. The molecule has 7 heteroatoms. The van der Waals surface area contributed by atoms with Crippen LogP contribution in [0.2, 0.25) is 0 Å². The molecule has 1 aromatic rings. The second-order valence-corrected chi connectivity index (χ2v) is 6.29. The Labute approximate surface area is 128 Å². The molecular formula is C15H21N3O4. The number of aryl methyl sites for hydroxylation is 1. The molecular weight excluding hydrogens is 286 g/mol. The second-order valence-electron chi connectivity index (χ2n) is 6.29. The Morgan fingerprint density at radius 2 is 2.09 bits per heavy atom. The molecule has 2 saturated carbocycles. The topological polar surface area (TPSA) is 105 Å². The lowest BCUT2D eigenvalue weighted by Gasteiger charge is -2.11. The summed E-state index contributed by atoms with van der Waals surface area (Å²) in [5.41, 5.74) is 0. The molecule has 2 aliphatic carbocycles. The fraction of sp³-hybridized carbons (Fsp3) is 0.733. The van der Waals surface area contributed by atoms with E-state index in [2.05, 4.69) is 15.5 Å². The summed E-state index contributed by atoms with van der Waals surface area (Å²) in [5, 5.41) is 15.8. The number of carboxylic acids is 1. The molecule has 22 heavy (non-hydrogen) atoms. The van der Waals surface area contributed by atoms with Crippen LogP contribution >= 0.6 is 0 Å². The van der Waals surface area contributed by atoms with Crippen LogP contribution in [0.25, 0.3) is 0 Å². The SMILES string of the molecule is O=C(CCCc1nc(C2CC2)no1)N[C@H]1CC[C@@H](C(=O)O)C1. The van der Waals surface area contributed by atoms with Gasteiger partial charge in [0, 0.05) is 24.8 Å². The van der Waals surface area contributed by atoms with Gasteiger partial charge in [-0.05, 0) is 38.5 Å². The number of nitrogens with one attached hydrogen (secondary N) is 1. The number of amides is 1. The first kappa shape index (κ1) is 15.0. The lowest BCUT2D eigenvalue weighted by molar-refractivity contribution is -0.141. The minimum Gasteiger partial charge on any atom is -0.481 e. The van der Waals surface area contributed by atoms with Gasteiger partial charge in [-0.15, -0.1) is 0 Å². The van der Waals surface area contributed by atoms with Crippen LogP contribution in [0.15, 0.2) is 4.52 Å². The molecule has 0 unspecified atom stereocenters. The van der Waals surface area contributed by atoms with Crippen molar-refractivity contribution in [2.24, 2.45) is 5.92 Å². The smallest absolute Gasteiger partial charge is 0.306 e. The summed E-state index contributed by atoms with van der Waals surface area (Å²) in [6.45, 7) is 0. The van der Waals surface area contributed by atoms with E-state index in [1.807, 2.05) is 0 Å². The molecule has 0 aromatic carbocycles. The molecule has 2 N–H and O–H groups in total. The third-order valence-electron chi connectivity index (χ3n) is 4.37. The second kappa shape index (κ2) is 6.46. The van der Waals surface area contributed by atoms with Crippen molar-refractivity contribution in [3.8, 4) is 0 Å². The maximum absolute atomic E-state index is 11.9. The van der Waals surface area contributed by atoms with E-state index in [0.717, 1.165) is 25.1 Å². The number of nitrogens with zero attached hydrogens (tertiary/aromatic N) is 2. The van der Waals surface area contributed by atoms with Gasteiger partial charge in [-0.25, -0.2) is 0 Å². The van der Waals surface area contributed by atoms with Gasteiger partial charge in [0.2, 0.25) is 11.8 Å². The largest absolute Gasteiger partial charge is 0.481 e. The Kier molecular flexibility index (Phi) is 4.40. The third kappa shape index (κ3) is 3.84. The number of hydrogen-bond donors (Lipinski definition) is 2. The van der Waals surface area contributed by atoms with Crippen molar-refractivity contribution < 1.29 is 19.2 Å². The van der Waals surface area contributed by atoms with Crippen LogP contribution in [0.1, 0.15) is 62.6 Å². The van der Waals surface area contributed by atoms with Crippen molar-refractivity contribution in [1.82, 2.24) is 15.5 Å². The molecule has 0 spiro atoms. The molecule has 2 fully saturated rings. The van der Waals surface area contributed by atoms with Gasteiger partial charge >= 0.3 is 5.97 Å². The lowest BCUT2D eigenvalue weighted by Crippen LogP contribution is -2.33. The molecule has 2 aliphatic rings. The van der Waals surface area contributed by atoms with Crippen molar-refractivity contribution in [3.05, 3.63) is 11.7 Å². The standard InChI is InChI=1S/C15H21N3O4/c19-12(16-11-7-6-10(8-11)15(20)21)2-1-3-13-17-14(18-22-13)9-4-5-9/h9-11H,1-8H2,(H,16,19)(H,20,21)/t10-,11+/m1/s1. The van der Waals surface area contributed by atoms with Crippen LogP contribution in [0, 0.1) is 5.92 Å². The van der Waals surface area contributed by atoms with Crippen LogP contribution in [-0.4, -0.2) is 33.2 Å². The molecule has 1 heterocycles. The third-order valence-corrected chi connectivity index (χ3v) is 4.37. The summed E-state index contributed by atoms with van der Waals surface area (Å²) in [7, 11) is 0. The Morgan fingerprint density at radius 3 is 2.77 bits per heavy atom. The lowest BCUT2D eigenvalue weighted by atomic mass is 10.1. The summed E-state index contributed by atoms with van der Waals surface area (Å²) >= 11 is 0. The maximum Gasteiger partial charge on any atom is 0.306 e. The van der Waals surface area contributed by atoms with Crippen LogP contribution in [0.5, 0.6) is 0 Å². The zero-order chi connectivity index (χ0) is 15.5. The van der Waals surface area contributed by atoms with Crippen LogP contribution in [-0.2, 0) is 16.0 Å². The minimum atomic E-state index is -0.764. The highest BCUT2D eigenvalue weighted by atomic mass is 16.5. The maximum atomic E-state index is 11.9. The van der Waals surface area contributed by atoms with Crippen molar-refractivity contribution in [3.63, 3.8) is 0 Å². The molecule has 0 aliphatic heterocycles. The summed E-state index contributed by atoms with van der Waals surface area (Å²) in [6, 6.07) is -0.00141. The van der Waals surface area contributed by atoms with Crippen LogP contribution < -0.4 is 5.32 Å². The zero-order valence-corrected chi connectivity index (χ0v) is 12.5. The Hall–Kier alpha value is -1.92. The summed E-state index contributed by atoms with van der Waals surface area (Å²) in [6.07, 6.45) is 5.87. The van der Waals surface area contributed by atoms with Crippen molar-refractivity contribution >= 4 is 11.9 Å². The van der Waals surface area contributed by atoms with Crippen molar-refractivity contribution in [2.75, 3.05) is 0 Å². The molecule has 3 rings (SSSR count). The predicted octanol–water partition coefficient (Wildman–Crippen LogP) is 1.64. The number of carboxylic acid groups (broad SMARTS) is 1. The quantitative estimate of drug-likeness (QED) is 0.793. The van der Waals surface area contributed by atoms with E-state index in [1.165, 1.54) is 0 Å². The minimum absolute atomic E-state index is 0.00141. The molecule has 0 saturated heterocycles. The van der Waals surface area contributed by atoms with Gasteiger partial charge in [0.15, 0.2) is 5.82 Å². The van der Waals surface area contributed by atoms with E-state index in [-0.39, 0.29) is 17.9 Å². The molecule has 0 bridgehead atoms. The highest BCUT2D eigenvalue weighted by Gasteiger charge is 2.30. The Morgan fingerprint density at radius 1 is 1.27 bits per heavy atom. The summed E-state index contributed by atoms with van der Waals surface area (Å²) < 4.78 is 5.16. The first-order valence-corrected chi connectivity index (χ1v) is 7.96. The number of aliphatic carboxylic acids is 1. The molecule has 1 amide bonds. The van der Waals surface area contributed by atoms with Gasteiger partial charge < -0.3 is 14.9 Å². The normalized spacial score (nSPS) is 24.4. The summed E-state index contributed by atoms with van der Waals surface area (Å²) in [4.78, 5) is 27.1. The number of aromatic nitrogens is 2. The van der Waals surface area contributed by atoms with Crippen molar-refractivity contribution in [1.29, 1.82) is 0 Å². The summed E-state index contributed by atoms with van der Waals surface area (Å²) in [5.74, 6) is 0.763. The van der Waals surface area contributed by atoms with Gasteiger partial charge in [0.05, 0.1) is 5.92 Å². The fourth-order valence-electron chi connectivity index (χ4n) is 2.91. The zero-order valence-electron chi connectivity index (χ0n) is 12.5. The van der Waals surface area contributed by atoms with E-state index >= 15 is 0 Å². The van der Waals surface area contributed by atoms with E-state index in [9.17, 15) is 9.59 Å². The Balaban J connectivity index is 1.34. The van der Waals surface area contributed by atoms with Crippen molar-refractivity contribution in [2.45, 2.75) is 63.3 Å². The predicted molar refractivity (Wildman–Crippen MR) is 76.1 cm³/mol. The molecule has 1 aromatic heterocycles. The van der Waals surface area contributed by atoms with E-state index in [0.29, 0.717) is 43.9 Å². The van der Waals surface area contributed by atoms with Gasteiger partial charge in [-0.1, -0.05) is 5.16 Å². The molecule has 7 nitrogen and oxygen atoms in total. The number of rotatable bonds is 7. The van der Waals surface area contributed by atoms with Gasteiger partial charge in [0.1, 0.15) is 0 Å². The number of carbonyl (C=O) groups excluding carboxylic acids is 1. The number of hydrogen-bond acceptors (Lipinski definition) is 5. The highest BCUT2D eigenvalue weighted by Crippen LogP contribution is 2.38. The van der Waals surface area contributed by atoms with Crippen LogP contribution in [0.3, 0.4) is 0 Å². The highest BCUT2D eigenvalue weighted by molar-refractivity contribution is 5.76. The molecule has 120 valence electrons. The molecule has 2 atom stereocenters. The van der Waals surface area contributed by atoms with Crippen LogP contribution in [0.4, 0.5) is 0 Å². The van der Waals surface area contributed by atoms with E-state index < -0.39 is 5.97 Å². The Bertz CT molecular complexity index is 553. The average molecular weight is 307 g/mol. The average Bonchev–Trinajstić information content (AvgIpc) is 3.03. The van der Waals surface area contributed by atoms with Gasteiger partial charge in [-0.2, -0.15) is 4.98 Å². The first-order chi connectivity index (χ1) is 10.6.